The summed E-state index contributed by atoms with van der Waals surface area (Å²) >= 11 is 6.13. The number of carbonyl (C=O) groups is 1. The van der Waals surface area contributed by atoms with E-state index in [4.69, 9.17) is 16.7 Å². The number of nitrogens with zero attached hydrogens (tertiary/aromatic N) is 2. The fraction of sp³-hybridized carbons (Fsp3) is 0.238. The van der Waals surface area contributed by atoms with E-state index in [2.05, 4.69) is 11.9 Å². The topological polar surface area (TPSA) is 95.0 Å². The first-order valence-corrected chi connectivity index (χ1v) is 11.2. The molecule has 6 nitrogen and oxygen atoms in total. The third-order valence-corrected chi connectivity index (χ3v) is 5.91. The van der Waals surface area contributed by atoms with Crippen LogP contribution in [0.5, 0.6) is 0 Å². The second-order valence-electron chi connectivity index (χ2n) is 6.75. The molecular weight excluding hydrogens is 410 g/mol. The number of aromatic nitrogens is 2. The molecule has 2 N–H and O–H groups in total. The van der Waals surface area contributed by atoms with Crippen LogP contribution >= 0.6 is 11.6 Å². The van der Waals surface area contributed by atoms with Crippen LogP contribution in [0.15, 0.2) is 53.4 Å². The third kappa shape index (κ3) is 4.75. The first kappa shape index (κ1) is 21.2. The molecule has 0 aliphatic carbocycles. The highest BCUT2D eigenvalue weighted by atomic mass is 35.5. The molecule has 1 aromatic heterocycles. The van der Waals surface area contributed by atoms with Crippen molar-refractivity contribution in [2.45, 2.75) is 37.6 Å². The number of imidazole rings is 1. The van der Waals surface area contributed by atoms with Gasteiger partial charge in [-0.05, 0) is 23.6 Å². The van der Waals surface area contributed by atoms with E-state index in [0.29, 0.717) is 29.7 Å². The molecule has 0 saturated carbocycles. The van der Waals surface area contributed by atoms with Gasteiger partial charge in [0.15, 0.2) is 11.4 Å². The highest BCUT2D eigenvalue weighted by Gasteiger charge is 2.19. The maximum absolute atomic E-state index is 12.2. The van der Waals surface area contributed by atoms with Crippen LogP contribution in [0.1, 0.15) is 41.6 Å². The minimum Gasteiger partial charge on any atom is -0.320 e. The number of aryl methyl sites for hydroxylation is 1. The summed E-state index contributed by atoms with van der Waals surface area (Å²) in [4.78, 5) is 15.9. The Morgan fingerprint density at radius 3 is 2.52 bits per heavy atom. The smallest absolute Gasteiger partial charge is 0.238 e. The van der Waals surface area contributed by atoms with Crippen LogP contribution in [0.2, 0.25) is 5.15 Å². The highest BCUT2D eigenvalue weighted by Crippen LogP contribution is 2.28. The Morgan fingerprint density at radius 1 is 1.17 bits per heavy atom. The molecule has 29 heavy (non-hydrogen) atoms. The van der Waals surface area contributed by atoms with E-state index in [1.807, 2.05) is 36.4 Å². The molecule has 1 heterocycles. The summed E-state index contributed by atoms with van der Waals surface area (Å²) in [5.74, 6) is 0.697. The fourth-order valence-corrected chi connectivity index (χ4v) is 4.29. The van der Waals surface area contributed by atoms with Crippen molar-refractivity contribution in [3.05, 3.63) is 70.8 Å². The van der Waals surface area contributed by atoms with Gasteiger partial charge in [-0.3, -0.25) is 4.79 Å². The lowest BCUT2D eigenvalue weighted by Gasteiger charge is -2.13. The average molecular weight is 432 g/mol. The third-order valence-electron chi connectivity index (χ3n) is 4.68. The number of rotatable bonds is 8. The summed E-state index contributed by atoms with van der Waals surface area (Å²) in [6.45, 7) is 2.33. The Labute approximate surface area is 175 Å². The van der Waals surface area contributed by atoms with Crippen LogP contribution in [0, 0.1) is 0 Å². The maximum Gasteiger partial charge on any atom is 0.238 e. The molecule has 8 heteroatoms. The second-order valence-corrected chi connectivity index (χ2v) is 8.64. The number of carbonyl (C=O) groups excluding carboxylic acids is 1. The molecule has 0 aliphatic heterocycles. The number of nitrogens with two attached hydrogens (primary N) is 1. The second kappa shape index (κ2) is 8.90. The molecule has 0 saturated heterocycles. The van der Waals surface area contributed by atoms with Crippen molar-refractivity contribution >= 4 is 27.9 Å². The molecule has 0 unspecified atom stereocenters. The van der Waals surface area contributed by atoms with Crippen LogP contribution in [0.25, 0.3) is 11.1 Å². The molecule has 2 aromatic carbocycles. The Bertz CT molecular complexity index is 1130. The van der Waals surface area contributed by atoms with Gasteiger partial charge in [-0.1, -0.05) is 67.4 Å². The molecule has 0 amide bonds. The van der Waals surface area contributed by atoms with E-state index in [0.717, 1.165) is 18.4 Å². The number of sulfonamides is 1. The molecule has 3 rings (SSSR count). The van der Waals surface area contributed by atoms with Crippen molar-refractivity contribution in [3.8, 4) is 11.1 Å². The van der Waals surface area contributed by atoms with Crippen LogP contribution < -0.4 is 5.14 Å². The minimum atomic E-state index is -3.95. The summed E-state index contributed by atoms with van der Waals surface area (Å²) in [5.41, 5.74) is 2.25. The van der Waals surface area contributed by atoms with Crippen LogP contribution in [-0.4, -0.2) is 24.3 Å². The lowest BCUT2D eigenvalue weighted by Crippen LogP contribution is -2.15. The Morgan fingerprint density at radius 2 is 1.90 bits per heavy atom. The van der Waals surface area contributed by atoms with E-state index < -0.39 is 10.0 Å². The van der Waals surface area contributed by atoms with Gasteiger partial charge in [0.2, 0.25) is 10.0 Å². The van der Waals surface area contributed by atoms with Crippen LogP contribution in [0.3, 0.4) is 0 Å². The maximum atomic E-state index is 12.2. The summed E-state index contributed by atoms with van der Waals surface area (Å²) in [6, 6.07) is 14.3. The standard InChI is InChI=1S/C21H22ClN3O3S/c1-2-3-9-20-24-21(22)18(14-26)25(20)13-15-10-11-17(16-7-5-4-6-8-16)19(12-15)29(23,27)28/h4-8,10-12,14H,2-3,9,13H2,1H3,(H2,23,27,28). The molecule has 0 spiro atoms. The molecule has 0 aliphatic rings. The van der Waals surface area contributed by atoms with Crippen molar-refractivity contribution in [1.29, 1.82) is 0 Å². The number of aldehydes is 1. The van der Waals surface area contributed by atoms with Gasteiger partial charge < -0.3 is 4.57 Å². The molecule has 152 valence electrons. The van der Waals surface area contributed by atoms with Gasteiger partial charge in [-0.2, -0.15) is 0 Å². The summed E-state index contributed by atoms with van der Waals surface area (Å²) in [6.07, 6.45) is 3.22. The van der Waals surface area contributed by atoms with Crippen molar-refractivity contribution in [3.63, 3.8) is 0 Å². The molecular formula is C21H22ClN3O3S. The first-order valence-electron chi connectivity index (χ1n) is 9.26. The zero-order valence-corrected chi connectivity index (χ0v) is 17.6. The lowest BCUT2D eigenvalue weighted by atomic mass is 10.0. The Balaban J connectivity index is 2.07. The molecule has 0 atom stereocenters. The zero-order valence-electron chi connectivity index (χ0n) is 16.0. The highest BCUT2D eigenvalue weighted by molar-refractivity contribution is 7.89. The zero-order chi connectivity index (χ0) is 21.0. The van der Waals surface area contributed by atoms with Crippen molar-refractivity contribution in [2.24, 2.45) is 5.14 Å². The largest absolute Gasteiger partial charge is 0.320 e. The number of unbranched alkanes of at least 4 members (excludes halogenated alkanes) is 1. The van der Waals surface area contributed by atoms with Gasteiger partial charge in [-0.15, -0.1) is 0 Å². The predicted molar refractivity (Wildman–Crippen MR) is 114 cm³/mol. The van der Waals surface area contributed by atoms with Gasteiger partial charge in [0.05, 0.1) is 4.90 Å². The molecule has 0 radical (unpaired) electrons. The number of primary sulfonamides is 1. The van der Waals surface area contributed by atoms with Gasteiger partial charge in [0.1, 0.15) is 11.5 Å². The van der Waals surface area contributed by atoms with Crippen molar-refractivity contribution in [1.82, 2.24) is 9.55 Å². The van der Waals surface area contributed by atoms with Crippen molar-refractivity contribution < 1.29 is 13.2 Å². The number of hydrogen-bond donors (Lipinski definition) is 1. The normalized spacial score (nSPS) is 11.6. The number of halogens is 1. The number of hydrogen-bond acceptors (Lipinski definition) is 4. The van der Waals surface area contributed by atoms with Crippen LogP contribution in [-0.2, 0) is 23.0 Å². The average Bonchev–Trinajstić information content (AvgIpc) is 3.00. The van der Waals surface area contributed by atoms with Crippen molar-refractivity contribution in [2.75, 3.05) is 0 Å². The van der Waals surface area contributed by atoms with Gasteiger partial charge >= 0.3 is 0 Å². The monoisotopic (exact) mass is 431 g/mol. The van der Waals surface area contributed by atoms with Gasteiger partial charge in [0, 0.05) is 18.5 Å². The minimum absolute atomic E-state index is 0.0372. The predicted octanol–water partition coefficient (Wildman–Crippen LogP) is 4.05. The van der Waals surface area contributed by atoms with E-state index >= 15 is 0 Å². The number of benzene rings is 2. The van der Waals surface area contributed by atoms with E-state index in [1.165, 1.54) is 0 Å². The molecule has 0 bridgehead atoms. The quantitative estimate of drug-likeness (QED) is 0.544. The SMILES string of the molecule is CCCCc1nc(Cl)c(C=O)n1Cc1ccc(-c2ccccc2)c(S(N)(=O)=O)c1. The lowest BCUT2D eigenvalue weighted by molar-refractivity contribution is 0.111. The summed E-state index contributed by atoms with van der Waals surface area (Å²) in [7, 11) is -3.95. The van der Waals surface area contributed by atoms with E-state index in [9.17, 15) is 13.2 Å². The molecule has 0 fully saturated rings. The van der Waals surface area contributed by atoms with Crippen LogP contribution in [0.4, 0.5) is 0 Å². The van der Waals surface area contributed by atoms with Gasteiger partial charge in [-0.25, -0.2) is 18.5 Å². The van der Waals surface area contributed by atoms with E-state index in [-0.39, 0.29) is 22.3 Å². The first-order chi connectivity index (χ1) is 13.8. The van der Waals surface area contributed by atoms with E-state index in [1.54, 1.807) is 16.7 Å². The molecule has 3 aromatic rings. The van der Waals surface area contributed by atoms with Gasteiger partial charge in [0.25, 0.3) is 0 Å². The Hall–Kier alpha value is -2.48. The fourth-order valence-electron chi connectivity index (χ4n) is 3.24. The summed E-state index contributed by atoms with van der Waals surface area (Å²) in [5, 5.41) is 5.64. The summed E-state index contributed by atoms with van der Waals surface area (Å²) < 4.78 is 26.2. The Kier molecular flexibility index (Phi) is 6.52.